The lowest BCUT2D eigenvalue weighted by molar-refractivity contribution is 0.412. The molecule has 1 N–H and O–H groups in total. The van der Waals surface area contributed by atoms with Crippen molar-refractivity contribution >= 4 is 15.9 Å². The molecular weight excluding hydrogens is 330 g/mol. The van der Waals surface area contributed by atoms with Crippen LogP contribution in [0.1, 0.15) is 25.5 Å². The number of ether oxygens (including phenoxy) is 2. The smallest absolute Gasteiger partial charge is 0.141 e. The summed E-state index contributed by atoms with van der Waals surface area (Å²) in [6.07, 6.45) is 0. The van der Waals surface area contributed by atoms with Crippen LogP contribution < -0.4 is 14.8 Å². The van der Waals surface area contributed by atoms with Crippen LogP contribution in [0.4, 0.5) is 0 Å². The number of hydrogen-bond acceptors (Lipinski definition) is 3. The van der Waals surface area contributed by atoms with E-state index < -0.39 is 0 Å². The van der Waals surface area contributed by atoms with Crippen LogP contribution in [-0.2, 0) is 0 Å². The fourth-order valence-electron chi connectivity index (χ4n) is 2.07. The molecule has 3 nitrogen and oxygen atoms in total. The van der Waals surface area contributed by atoms with E-state index in [-0.39, 0.29) is 0 Å². The van der Waals surface area contributed by atoms with E-state index in [1.807, 2.05) is 30.3 Å². The molecule has 0 saturated heterocycles. The maximum absolute atomic E-state index is 5.88. The molecule has 112 valence electrons. The lowest BCUT2D eigenvalue weighted by atomic mass is 10.1. The highest BCUT2D eigenvalue weighted by atomic mass is 79.9. The molecule has 2 aromatic rings. The molecule has 1 unspecified atom stereocenters. The Morgan fingerprint density at radius 1 is 1.10 bits per heavy atom. The Labute approximate surface area is 134 Å². The highest BCUT2D eigenvalue weighted by Gasteiger charge is 2.06. The van der Waals surface area contributed by atoms with Gasteiger partial charge in [0.25, 0.3) is 0 Å². The zero-order valence-corrected chi connectivity index (χ0v) is 14.1. The fraction of sp³-hybridized carbons (Fsp3) is 0.294. The SMILES string of the molecule is CCNC(C)c1ccc(Oc2ccc(OC)cc2Br)cc1. The summed E-state index contributed by atoms with van der Waals surface area (Å²) < 4.78 is 11.9. The van der Waals surface area contributed by atoms with E-state index in [1.165, 1.54) is 5.56 Å². The van der Waals surface area contributed by atoms with E-state index in [4.69, 9.17) is 9.47 Å². The highest BCUT2D eigenvalue weighted by Crippen LogP contribution is 2.33. The monoisotopic (exact) mass is 349 g/mol. The van der Waals surface area contributed by atoms with Crippen molar-refractivity contribution < 1.29 is 9.47 Å². The Morgan fingerprint density at radius 3 is 2.33 bits per heavy atom. The summed E-state index contributed by atoms with van der Waals surface area (Å²) in [5, 5.41) is 3.39. The van der Waals surface area contributed by atoms with E-state index in [0.29, 0.717) is 6.04 Å². The van der Waals surface area contributed by atoms with Gasteiger partial charge in [-0.1, -0.05) is 19.1 Å². The topological polar surface area (TPSA) is 30.5 Å². The maximum atomic E-state index is 5.88. The minimum Gasteiger partial charge on any atom is -0.497 e. The maximum Gasteiger partial charge on any atom is 0.141 e. The van der Waals surface area contributed by atoms with Crippen molar-refractivity contribution in [2.75, 3.05) is 13.7 Å². The van der Waals surface area contributed by atoms with Crippen molar-refractivity contribution in [2.45, 2.75) is 19.9 Å². The van der Waals surface area contributed by atoms with Crippen molar-refractivity contribution in [2.24, 2.45) is 0 Å². The van der Waals surface area contributed by atoms with Gasteiger partial charge in [-0.25, -0.2) is 0 Å². The second kappa shape index (κ2) is 7.48. The van der Waals surface area contributed by atoms with Gasteiger partial charge in [0.1, 0.15) is 17.2 Å². The van der Waals surface area contributed by atoms with Crippen LogP contribution >= 0.6 is 15.9 Å². The molecule has 0 spiro atoms. The molecule has 2 aromatic carbocycles. The van der Waals surface area contributed by atoms with Crippen LogP contribution in [0.5, 0.6) is 17.2 Å². The molecule has 1 atom stereocenters. The van der Waals surface area contributed by atoms with Crippen LogP contribution in [0.2, 0.25) is 0 Å². The van der Waals surface area contributed by atoms with Crippen LogP contribution in [0, 0.1) is 0 Å². The molecule has 0 aliphatic rings. The summed E-state index contributed by atoms with van der Waals surface area (Å²) in [5.74, 6) is 2.38. The minimum absolute atomic E-state index is 0.344. The van der Waals surface area contributed by atoms with Crippen LogP contribution in [0.3, 0.4) is 0 Å². The quantitative estimate of drug-likeness (QED) is 0.802. The molecule has 0 radical (unpaired) electrons. The van der Waals surface area contributed by atoms with Crippen molar-refractivity contribution in [1.82, 2.24) is 5.32 Å². The third-order valence-electron chi connectivity index (χ3n) is 3.26. The zero-order valence-electron chi connectivity index (χ0n) is 12.5. The van der Waals surface area contributed by atoms with Crippen LogP contribution in [-0.4, -0.2) is 13.7 Å². The molecule has 0 heterocycles. The van der Waals surface area contributed by atoms with Gasteiger partial charge in [0.15, 0.2) is 0 Å². The van der Waals surface area contributed by atoms with E-state index in [9.17, 15) is 0 Å². The molecule has 2 rings (SSSR count). The Hall–Kier alpha value is -1.52. The minimum atomic E-state index is 0.344. The van der Waals surface area contributed by atoms with E-state index >= 15 is 0 Å². The van der Waals surface area contributed by atoms with Crippen LogP contribution in [0.15, 0.2) is 46.9 Å². The normalized spacial score (nSPS) is 12.0. The fourth-order valence-corrected chi connectivity index (χ4v) is 2.51. The Bertz CT molecular complexity index is 584. The molecule has 0 bridgehead atoms. The van der Waals surface area contributed by atoms with Gasteiger partial charge in [0, 0.05) is 6.04 Å². The van der Waals surface area contributed by atoms with Gasteiger partial charge in [0.05, 0.1) is 11.6 Å². The average molecular weight is 350 g/mol. The van der Waals surface area contributed by atoms with E-state index in [2.05, 4.69) is 47.2 Å². The van der Waals surface area contributed by atoms with Crippen molar-refractivity contribution in [3.05, 3.63) is 52.5 Å². The molecule has 0 amide bonds. The van der Waals surface area contributed by atoms with Gasteiger partial charge in [-0.3, -0.25) is 0 Å². The third kappa shape index (κ3) is 4.22. The summed E-state index contributed by atoms with van der Waals surface area (Å²) in [6, 6.07) is 14.1. The summed E-state index contributed by atoms with van der Waals surface area (Å²) in [7, 11) is 1.65. The standard InChI is InChI=1S/C17H20BrNO2/c1-4-19-12(2)13-5-7-14(8-6-13)21-17-10-9-15(20-3)11-16(17)18/h5-12,19H,4H2,1-3H3. The lowest BCUT2D eigenvalue weighted by Crippen LogP contribution is -2.17. The van der Waals surface area contributed by atoms with Gasteiger partial charge >= 0.3 is 0 Å². The number of benzene rings is 2. The Morgan fingerprint density at radius 2 is 1.76 bits per heavy atom. The van der Waals surface area contributed by atoms with Crippen molar-refractivity contribution in [1.29, 1.82) is 0 Å². The number of nitrogens with one attached hydrogen (secondary N) is 1. The second-order valence-corrected chi connectivity index (χ2v) is 5.60. The van der Waals surface area contributed by atoms with Gasteiger partial charge < -0.3 is 14.8 Å². The number of halogens is 1. The number of methoxy groups -OCH3 is 1. The highest BCUT2D eigenvalue weighted by molar-refractivity contribution is 9.10. The number of rotatable bonds is 6. The molecular formula is C17H20BrNO2. The molecule has 0 aromatic heterocycles. The number of hydrogen-bond donors (Lipinski definition) is 1. The lowest BCUT2D eigenvalue weighted by Gasteiger charge is -2.14. The van der Waals surface area contributed by atoms with Gasteiger partial charge in [-0.2, -0.15) is 0 Å². The molecule has 0 saturated carbocycles. The largest absolute Gasteiger partial charge is 0.497 e. The van der Waals surface area contributed by atoms with Crippen molar-refractivity contribution in [3.63, 3.8) is 0 Å². The Kier molecular flexibility index (Phi) is 5.65. The molecule has 21 heavy (non-hydrogen) atoms. The summed E-state index contributed by atoms with van der Waals surface area (Å²) in [4.78, 5) is 0. The zero-order chi connectivity index (χ0) is 15.2. The van der Waals surface area contributed by atoms with E-state index in [1.54, 1.807) is 7.11 Å². The molecule has 0 fully saturated rings. The van der Waals surface area contributed by atoms with E-state index in [0.717, 1.165) is 28.3 Å². The summed E-state index contributed by atoms with van der Waals surface area (Å²) in [6.45, 7) is 5.22. The van der Waals surface area contributed by atoms with Crippen LogP contribution in [0.25, 0.3) is 0 Å². The summed E-state index contributed by atoms with van der Waals surface area (Å²) >= 11 is 3.49. The first-order chi connectivity index (χ1) is 10.1. The predicted molar refractivity (Wildman–Crippen MR) is 89.3 cm³/mol. The van der Waals surface area contributed by atoms with Gasteiger partial charge in [-0.05, 0) is 65.3 Å². The van der Waals surface area contributed by atoms with Gasteiger partial charge in [0.2, 0.25) is 0 Å². The second-order valence-electron chi connectivity index (χ2n) is 4.75. The Balaban J connectivity index is 2.10. The molecule has 0 aliphatic carbocycles. The summed E-state index contributed by atoms with van der Waals surface area (Å²) in [5.41, 5.74) is 1.25. The molecule has 4 heteroatoms. The average Bonchev–Trinajstić information content (AvgIpc) is 2.50. The van der Waals surface area contributed by atoms with Gasteiger partial charge in [-0.15, -0.1) is 0 Å². The first-order valence-electron chi connectivity index (χ1n) is 6.98. The third-order valence-corrected chi connectivity index (χ3v) is 3.88. The van der Waals surface area contributed by atoms with Crippen molar-refractivity contribution in [3.8, 4) is 17.2 Å². The predicted octanol–water partition coefficient (Wildman–Crippen LogP) is 4.92. The first kappa shape index (κ1) is 15.9. The molecule has 0 aliphatic heterocycles. The first-order valence-corrected chi connectivity index (χ1v) is 7.78.